The van der Waals surface area contributed by atoms with E-state index in [-0.39, 0.29) is 23.8 Å². The number of halogens is 1. The first kappa shape index (κ1) is 19.0. The van der Waals surface area contributed by atoms with E-state index in [0.717, 1.165) is 6.07 Å². The molecule has 0 unspecified atom stereocenters. The van der Waals surface area contributed by atoms with Gasteiger partial charge in [-0.2, -0.15) is 0 Å². The van der Waals surface area contributed by atoms with Gasteiger partial charge in [0.05, 0.1) is 7.11 Å². The molecule has 0 spiro atoms. The molecule has 1 amide bonds. The average Bonchev–Trinajstić information content (AvgIpc) is 2.55. The van der Waals surface area contributed by atoms with Crippen LogP contribution >= 0.6 is 0 Å². The van der Waals surface area contributed by atoms with Crippen molar-refractivity contribution in [1.29, 1.82) is 0 Å². The van der Waals surface area contributed by atoms with Crippen molar-refractivity contribution >= 4 is 12.1 Å². The Labute approximate surface area is 146 Å². The molecule has 1 aliphatic heterocycles. The summed E-state index contributed by atoms with van der Waals surface area (Å²) < 4.78 is 29.3. The fourth-order valence-corrected chi connectivity index (χ4v) is 2.36. The molecule has 2 heterocycles. The summed E-state index contributed by atoms with van der Waals surface area (Å²) in [6.45, 7) is 6.31. The zero-order chi connectivity index (χ0) is 18.6. The SMILES string of the molecule is COC(=O)c1ccc(F)c(OC2CCN(C(=O)OC(C)(C)C)CC2)n1. The smallest absolute Gasteiger partial charge is 0.410 e. The van der Waals surface area contributed by atoms with Crippen LogP contribution in [0.5, 0.6) is 5.88 Å². The van der Waals surface area contributed by atoms with Gasteiger partial charge in [0.15, 0.2) is 11.5 Å². The van der Waals surface area contributed by atoms with Crippen molar-refractivity contribution in [3.05, 3.63) is 23.6 Å². The van der Waals surface area contributed by atoms with Crippen LogP contribution in [0, 0.1) is 5.82 Å². The molecule has 0 bridgehead atoms. The zero-order valence-electron chi connectivity index (χ0n) is 14.9. The topological polar surface area (TPSA) is 78.0 Å². The largest absolute Gasteiger partial charge is 0.472 e. The number of esters is 1. The molecule has 1 aromatic heterocycles. The molecule has 138 valence electrons. The Kier molecular flexibility index (Phi) is 5.81. The summed E-state index contributed by atoms with van der Waals surface area (Å²) in [6.07, 6.45) is 0.363. The number of amides is 1. The van der Waals surface area contributed by atoms with Crippen LogP contribution in [0.15, 0.2) is 12.1 Å². The van der Waals surface area contributed by atoms with Crippen molar-refractivity contribution < 1.29 is 28.2 Å². The Balaban J connectivity index is 1.94. The lowest BCUT2D eigenvalue weighted by Crippen LogP contribution is -2.44. The number of likely N-dealkylation sites (tertiary alicyclic amines) is 1. The number of ether oxygens (including phenoxy) is 3. The van der Waals surface area contributed by atoms with Crippen molar-refractivity contribution in [2.45, 2.75) is 45.3 Å². The van der Waals surface area contributed by atoms with E-state index < -0.39 is 17.4 Å². The maximum atomic E-state index is 13.9. The third kappa shape index (κ3) is 5.30. The van der Waals surface area contributed by atoms with Crippen LogP contribution in [0.1, 0.15) is 44.1 Å². The van der Waals surface area contributed by atoms with E-state index in [1.807, 2.05) is 20.8 Å². The molecule has 1 aromatic rings. The third-order valence-electron chi connectivity index (χ3n) is 3.58. The van der Waals surface area contributed by atoms with Crippen molar-refractivity contribution in [3.63, 3.8) is 0 Å². The first-order valence-corrected chi connectivity index (χ1v) is 8.09. The fourth-order valence-electron chi connectivity index (χ4n) is 2.36. The highest BCUT2D eigenvalue weighted by atomic mass is 19.1. The van der Waals surface area contributed by atoms with Gasteiger partial charge in [-0.15, -0.1) is 0 Å². The second-order valence-corrected chi connectivity index (χ2v) is 6.76. The number of piperidine rings is 1. The predicted octanol–water partition coefficient (Wildman–Crippen LogP) is 2.79. The van der Waals surface area contributed by atoms with Gasteiger partial charge in [0.25, 0.3) is 5.88 Å². The summed E-state index contributed by atoms with van der Waals surface area (Å²) in [5, 5.41) is 0. The molecule has 0 atom stereocenters. The summed E-state index contributed by atoms with van der Waals surface area (Å²) in [5.41, 5.74) is -0.573. The van der Waals surface area contributed by atoms with Crippen molar-refractivity contribution in [2.75, 3.05) is 20.2 Å². The molecule has 1 saturated heterocycles. The van der Waals surface area contributed by atoms with Gasteiger partial charge in [-0.3, -0.25) is 0 Å². The van der Waals surface area contributed by atoms with E-state index in [2.05, 4.69) is 9.72 Å². The average molecular weight is 354 g/mol. The van der Waals surface area contributed by atoms with Crippen LogP contribution in [0.4, 0.5) is 9.18 Å². The van der Waals surface area contributed by atoms with Gasteiger partial charge in [-0.05, 0) is 32.9 Å². The minimum Gasteiger partial charge on any atom is -0.472 e. The van der Waals surface area contributed by atoms with Gasteiger partial charge in [-0.25, -0.2) is 19.0 Å². The van der Waals surface area contributed by atoms with Crippen LogP contribution in [0.25, 0.3) is 0 Å². The van der Waals surface area contributed by atoms with Crippen LogP contribution in [0.3, 0.4) is 0 Å². The van der Waals surface area contributed by atoms with E-state index in [0.29, 0.717) is 25.9 Å². The number of aromatic nitrogens is 1. The highest BCUT2D eigenvalue weighted by Gasteiger charge is 2.28. The number of carbonyl (C=O) groups is 2. The van der Waals surface area contributed by atoms with Gasteiger partial charge in [0.1, 0.15) is 11.7 Å². The Hall–Kier alpha value is -2.38. The van der Waals surface area contributed by atoms with Gasteiger partial charge in [0, 0.05) is 25.9 Å². The number of methoxy groups -OCH3 is 1. The van der Waals surface area contributed by atoms with E-state index >= 15 is 0 Å². The predicted molar refractivity (Wildman–Crippen MR) is 87.0 cm³/mol. The maximum absolute atomic E-state index is 13.9. The molecular formula is C17H23FN2O5. The summed E-state index contributed by atoms with van der Waals surface area (Å²) in [7, 11) is 1.22. The van der Waals surface area contributed by atoms with Gasteiger partial charge in [0.2, 0.25) is 0 Å². The van der Waals surface area contributed by atoms with Crippen molar-refractivity contribution in [1.82, 2.24) is 9.88 Å². The van der Waals surface area contributed by atoms with Crippen LogP contribution in [-0.4, -0.2) is 53.9 Å². The van der Waals surface area contributed by atoms with Crippen molar-refractivity contribution in [2.24, 2.45) is 0 Å². The van der Waals surface area contributed by atoms with Gasteiger partial charge < -0.3 is 19.1 Å². The van der Waals surface area contributed by atoms with E-state index in [9.17, 15) is 14.0 Å². The number of pyridine rings is 1. The lowest BCUT2D eigenvalue weighted by Gasteiger charge is -2.33. The number of carbonyl (C=O) groups excluding carboxylic acids is 2. The number of hydrogen-bond donors (Lipinski definition) is 0. The van der Waals surface area contributed by atoms with E-state index in [4.69, 9.17) is 9.47 Å². The van der Waals surface area contributed by atoms with Crippen LogP contribution < -0.4 is 4.74 Å². The first-order chi connectivity index (χ1) is 11.7. The van der Waals surface area contributed by atoms with E-state index in [1.54, 1.807) is 4.90 Å². The Bertz CT molecular complexity index is 636. The Morgan fingerprint density at radius 2 is 1.88 bits per heavy atom. The number of nitrogens with zero attached hydrogens (tertiary/aromatic N) is 2. The zero-order valence-corrected chi connectivity index (χ0v) is 14.9. The molecule has 0 saturated carbocycles. The molecule has 7 nitrogen and oxygen atoms in total. The molecule has 0 aromatic carbocycles. The molecule has 1 aliphatic rings. The molecule has 0 aliphatic carbocycles. The lowest BCUT2D eigenvalue weighted by molar-refractivity contribution is 0.0118. The fraction of sp³-hybridized carbons (Fsp3) is 0.588. The molecule has 8 heteroatoms. The molecule has 0 radical (unpaired) electrons. The standard InChI is InChI=1S/C17H23FN2O5/c1-17(2,3)25-16(22)20-9-7-11(8-10-20)24-14-12(18)5-6-13(19-14)15(21)23-4/h5-6,11H,7-10H2,1-4H3. The maximum Gasteiger partial charge on any atom is 0.410 e. The molecule has 2 rings (SSSR count). The second-order valence-electron chi connectivity index (χ2n) is 6.76. The van der Waals surface area contributed by atoms with E-state index in [1.165, 1.54) is 13.2 Å². The highest BCUT2D eigenvalue weighted by Crippen LogP contribution is 2.22. The molecular weight excluding hydrogens is 331 g/mol. The quantitative estimate of drug-likeness (QED) is 0.777. The lowest BCUT2D eigenvalue weighted by atomic mass is 10.1. The number of rotatable bonds is 3. The number of hydrogen-bond acceptors (Lipinski definition) is 6. The Morgan fingerprint density at radius 3 is 2.44 bits per heavy atom. The highest BCUT2D eigenvalue weighted by molar-refractivity contribution is 5.87. The summed E-state index contributed by atoms with van der Waals surface area (Å²) in [6, 6.07) is 2.35. The third-order valence-corrected chi connectivity index (χ3v) is 3.58. The molecule has 0 N–H and O–H groups in total. The molecule has 25 heavy (non-hydrogen) atoms. The van der Waals surface area contributed by atoms with Gasteiger partial charge in [-0.1, -0.05) is 0 Å². The van der Waals surface area contributed by atoms with Crippen LogP contribution in [-0.2, 0) is 9.47 Å². The first-order valence-electron chi connectivity index (χ1n) is 8.09. The van der Waals surface area contributed by atoms with Gasteiger partial charge >= 0.3 is 12.1 Å². The normalized spacial score (nSPS) is 15.6. The van der Waals surface area contributed by atoms with Crippen molar-refractivity contribution in [3.8, 4) is 5.88 Å². The Morgan fingerprint density at radius 1 is 1.24 bits per heavy atom. The second kappa shape index (κ2) is 7.67. The summed E-state index contributed by atoms with van der Waals surface area (Å²) in [4.78, 5) is 29.0. The monoisotopic (exact) mass is 354 g/mol. The summed E-state index contributed by atoms with van der Waals surface area (Å²) >= 11 is 0. The minimum absolute atomic E-state index is 0.0231. The summed E-state index contributed by atoms with van der Waals surface area (Å²) in [5.74, 6) is -1.55. The minimum atomic E-state index is -0.662. The molecule has 1 fully saturated rings. The van der Waals surface area contributed by atoms with Crippen LogP contribution in [0.2, 0.25) is 0 Å².